The molecule has 0 fully saturated rings. The van der Waals surface area contributed by atoms with Crippen LogP contribution in [-0.4, -0.2) is 29.1 Å². The number of unbranched alkanes of at least 4 members (excludes halogenated alkanes) is 2. The van der Waals surface area contributed by atoms with Gasteiger partial charge in [0, 0.05) is 24.1 Å². The standard InChI is InChI=1S/C14H18N2O2/c17-9-5-1-4-8-15-14(18)13-10-11-6-2-3-7-12(11)16-13/h2-3,6-7,10,16-17H,1,4-5,8-9H2,(H,15,18). The van der Waals surface area contributed by atoms with Gasteiger partial charge in [-0.25, -0.2) is 0 Å². The fraction of sp³-hybridized carbons (Fsp3) is 0.357. The van der Waals surface area contributed by atoms with E-state index in [2.05, 4.69) is 10.3 Å². The lowest BCUT2D eigenvalue weighted by Gasteiger charge is -2.02. The van der Waals surface area contributed by atoms with Crippen molar-refractivity contribution in [3.05, 3.63) is 36.0 Å². The van der Waals surface area contributed by atoms with Crippen molar-refractivity contribution < 1.29 is 9.90 Å². The number of carbonyl (C=O) groups excluding carboxylic acids is 1. The smallest absolute Gasteiger partial charge is 0.267 e. The SMILES string of the molecule is O=C(NCCCCCO)c1cc2ccccc2[nH]1. The van der Waals surface area contributed by atoms with Gasteiger partial charge in [-0.3, -0.25) is 4.79 Å². The Morgan fingerprint density at radius 3 is 2.83 bits per heavy atom. The number of nitrogens with one attached hydrogen (secondary N) is 2. The number of H-pyrrole nitrogens is 1. The first-order valence-corrected chi connectivity index (χ1v) is 6.28. The second-order valence-electron chi connectivity index (χ2n) is 4.31. The molecule has 0 aliphatic carbocycles. The van der Waals surface area contributed by atoms with Crippen LogP contribution in [0.3, 0.4) is 0 Å². The normalized spacial score (nSPS) is 10.7. The lowest BCUT2D eigenvalue weighted by atomic mass is 10.2. The lowest BCUT2D eigenvalue weighted by molar-refractivity contribution is 0.0948. The van der Waals surface area contributed by atoms with E-state index in [4.69, 9.17) is 5.11 Å². The number of aromatic nitrogens is 1. The molecule has 2 rings (SSSR count). The van der Waals surface area contributed by atoms with E-state index in [-0.39, 0.29) is 12.5 Å². The van der Waals surface area contributed by atoms with Crippen LogP contribution in [0.25, 0.3) is 10.9 Å². The van der Waals surface area contributed by atoms with Crippen LogP contribution in [0.15, 0.2) is 30.3 Å². The van der Waals surface area contributed by atoms with E-state index < -0.39 is 0 Å². The summed E-state index contributed by atoms with van der Waals surface area (Å²) < 4.78 is 0. The minimum Gasteiger partial charge on any atom is -0.396 e. The summed E-state index contributed by atoms with van der Waals surface area (Å²) in [5, 5.41) is 12.6. The van der Waals surface area contributed by atoms with Crippen LogP contribution >= 0.6 is 0 Å². The van der Waals surface area contributed by atoms with Crippen LogP contribution in [-0.2, 0) is 0 Å². The molecule has 0 radical (unpaired) electrons. The Bertz CT molecular complexity index is 486. The third kappa shape index (κ3) is 3.11. The molecule has 0 aliphatic heterocycles. The number of hydrogen-bond acceptors (Lipinski definition) is 2. The third-order valence-corrected chi connectivity index (χ3v) is 2.90. The molecule has 0 saturated carbocycles. The van der Waals surface area contributed by atoms with Crippen LogP contribution in [0.4, 0.5) is 0 Å². The molecule has 1 amide bonds. The minimum atomic E-state index is -0.0739. The van der Waals surface area contributed by atoms with E-state index in [0.29, 0.717) is 12.2 Å². The summed E-state index contributed by atoms with van der Waals surface area (Å²) in [4.78, 5) is 15.0. The Balaban J connectivity index is 1.88. The number of carbonyl (C=O) groups is 1. The molecule has 0 spiro atoms. The molecular formula is C14H18N2O2. The molecule has 0 bridgehead atoms. The molecule has 4 heteroatoms. The number of rotatable bonds is 6. The van der Waals surface area contributed by atoms with Gasteiger partial charge in [-0.2, -0.15) is 0 Å². The van der Waals surface area contributed by atoms with Gasteiger partial charge >= 0.3 is 0 Å². The van der Waals surface area contributed by atoms with E-state index in [9.17, 15) is 4.79 Å². The summed E-state index contributed by atoms with van der Waals surface area (Å²) in [7, 11) is 0. The number of para-hydroxylation sites is 1. The number of fused-ring (bicyclic) bond motifs is 1. The zero-order valence-corrected chi connectivity index (χ0v) is 10.3. The fourth-order valence-corrected chi connectivity index (χ4v) is 1.91. The molecule has 96 valence electrons. The average Bonchev–Trinajstić information content (AvgIpc) is 2.82. The van der Waals surface area contributed by atoms with E-state index in [1.165, 1.54) is 0 Å². The van der Waals surface area contributed by atoms with Crippen molar-refractivity contribution in [1.82, 2.24) is 10.3 Å². The highest BCUT2D eigenvalue weighted by Gasteiger charge is 2.07. The molecular weight excluding hydrogens is 228 g/mol. The van der Waals surface area contributed by atoms with Gasteiger partial charge in [-0.05, 0) is 31.4 Å². The second kappa shape index (κ2) is 6.21. The van der Waals surface area contributed by atoms with E-state index in [1.54, 1.807) is 0 Å². The highest BCUT2D eigenvalue weighted by Crippen LogP contribution is 2.14. The zero-order chi connectivity index (χ0) is 12.8. The van der Waals surface area contributed by atoms with Crippen molar-refractivity contribution in [3.63, 3.8) is 0 Å². The molecule has 0 saturated heterocycles. The van der Waals surface area contributed by atoms with E-state index >= 15 is 0 Å². The van der Waals surface area contributed by atoms with Gasteiger partial charge in [-0.1, -0.05) is 18.2 Å². The maximum Gasteiger partial charge on any atom is 0.267 e. The summed E-state index contributed by atoms with van der Waals surface area (Å²) >= 11 is 0. The minimum absolute atomic E-state index is 0.0739. The highest BCUT2D eigenvalue weighted by molar-refractivity contribution is 5.97. The first kappa shape index (κ1) is 12.6. The highest BCUT2D eigenvalue weighted by atomic mass is 16.2. The molecule has 0 aliphatic rings. The maximum absolute atomic E-state index is 11.9. The monoisotopic (exact) mass is 246 g/mol. The van der Waals surface area contributed by atoms with Crippen LogP contribution in [0.2, 0.25) is 0 Å². The van der Waals surface area contributed by atoms with Gasteiger partial charge in [0.15, 0.2) is 0 Å². The summed E-state index contributed by atoms with van der Waals surface area (Å²) in [6, 6.07) is 9.68. The Hall–Kier alpha value is -1.81. The third-order valence-electron chi connectivity index (χ3n) is 2.90. The van der Waals surface area contributed by atoms with Crippen molar-refractivity contribution in [1.29, 1.82) is 0 Å². The number of aliphatic hydroxyl groups is 1. The van der Waals surface area contributed by atoms with Gasteiger partial charge in [0.2, 0.25) is 0 Å². The van der Waals surface area contributed by atoms with Crippen LogP contribution < -0.4 is 5.32 Å². The van der Waals surface area contributed by atoms with Crippen molar-refractivity contribution >= 4 is 16.8 Å². The summed E-state index contributed by atoms with van der Waals surface area (Å²) in [6.45, 7) is 0.865. The zero-order valence-electron chi connectivity index (χ0n) is 10.3. The Morgan fingerprint density at radius 1 is 1.22 bits per heavy atom. The molecule has 18 heavy (non-hydrogen) atoms. The van der Waals surface area contributed by atoms with Crippen molar-refractivity contribution in [3.8, 4) is 0 Å². The van der Waals surface area contributed by atoms with Crippen LogP contribution in [0.5, 0.6) is 0 Å². The lowest BCUT2D eigenvalue weighted by Crippen LogP contribution is -2.24. The first-order valence-electron chi connectivity index (χ1n) is 6.28. The number of benzene rings is 1. The summed E-state index contributed by atoms with van der Waals surface area (Å²) in [5.74, 6) is -0.0739. The maximum atomic E-state index is 11.9. The van der Waals surface area contributed by atoms with E-state index in [1.807, 2.05) is 30.3 Å². The van der Waals surface area contributed by atoms with Gasteiger partial charge < -0.3 is 15.4 Å². The van der Waals surface area contributed by atoms with Gasteiger partial charge in [0.1, 0.15) is 5.69 Å². The Labute approximate surface area is 106 Å². The van der Waals surface area contributed by atoms with Crippen LogP contribution in [0.1, 0.15) is 29.8 Å². The number of hydrogen-bond donors (Lipinski definition) is 3. The number of amides is 1. The van der Waals surface area contributed by atoms with Crippen LogP contribution in [0, 0.1) is 0 Å². The Kier molecular flexibility index (Phi) is 4.36. The molecule has 1 heterocycles. The van der Waals surface area contributed by atoms with Gasteiger partial charge in [0.05, 0.1) is 0 Å². The number of aliphatic hydroxyl groups excluding tert-OH is 1. The van der Waals surface area contributed by atoms with E-state index in [0.717, 1.165) is 30.2 Å². The number of aromatic amines is 1. The quantitative estimate of drug-likeness (QED) is 0.683. The molecule has 1 aromatic heterocycles. The molecule has 0 unspecified atom stereocenters. The predicted octanol–water partition coefficient (Wildman–Crippen LogP) is 2.06. The van der Waals surface area contributed by atoms with Crippen molar-refractivity contribution in [2.24, 2.45) is 0 Å². The topological polar surface area (TPSA) is 65.1 Å². The van der Waals surface area contributed by atoms with Crippen molar-refractivity contribution in [2.45, 2.75) is 19.3 Å². The molecule has 4 nitrogen and oxygen atoms in total. The molecule has 0 atom stereocenters. The molecule has 3 N–H and O–H groups in total. The van der Waals surface area contributed by atoms with Gasteiger partial charge in [0.25, 0.3) is 5.91 Å². The van der Waals surface area contributed by atoms with Gasteiger partial charge in [-0.15, -0.1) is 0 Å². The predicted molar refractivity (Wildman–Crippen MR) is 71.6 cm³/mol. The summed E-state index contributed by atoms with van der Waals surface area (Å²) in [6.07, 6.45) is 2.62. The largest absolute Gasteiger partial charge is 0.396 e. The molecule has 2 aromatic rings. The summed E-state index contributed by atoms with van der Waals surface area (Å²) in [5.41, 5.74) is 1.57. The first-order chi connectivity index (χ1) is 8.81. The average molecular weight is 246 g/mol. The fourth-order valence-electron chi connectivity index (χ4n) is 1.91. The molecule has 1 aromatic carbocycles. The second-order valence-corrected chi connectivity index (χ2v) is 4.31. The Morgan fingerprint density at radius 2 is 2.06 bits per heavy atom. The van der Waals surface area contributed by atoms with Crippen molar-refractivity contribution in [2.75, 3.05) is 13.2 Å².